The number of hydrogen-bond acceptors (Lipinski definition) is 8. The standard InChI is InChI=1S/C18H16ClN5O3/c1-26-15-8-7-11(9-13(15)19)21-16-10-20-24-18(23-16)22-14-6-4-3-5-12(14)17(25)27-2/h3-10H,1-2H3,(H2,21,22,23,24). The first-order valence-electron chi connectivity index (χ1n) is 7.85. The van der Waals surface area contributed by atoms with E-state index in [-0.39, 0.29) is 5.95 Å². The average Bonchev–Trinajstić information content (AvgIpc) is 2.68. The summed E-state index contributed by atoms with van der Waals surface area (Å²) in [7, 11) is 2.87. The van der Waals surface area contributed by atoms with E-state index in [1.165, 1.54) is 13.3 Å². The van der Waals surface area contributed by atoms with Gasteiger partial charge in [0.05, 0.1) is 36.7 Å². The van der Waals surface area contributed by atoms with Gasteiger partial charge in [-0.3, -0.25) is 0 Å². The number of benzene rings is 2. The summed E-state index contributed by atoms with van der Waals surface area (Å²) in [6.07, 6.45) is 1.47. The number of hydrogen-bond donors (Lipinski definition) is 2. The molecule has 0 saturated carbocycles. The van der Waals surface area contributed by atoms with Crippen molar-refractivity contribution in [1.29, 1.82) is 0 Å². The lowest BCUT2D eigenvalue weighted by Gasteiger charge is -2.11. The summed E-state index contributed by atoms with van der Waals surface area (Å²) >= 11 is 6.13. The van der Waals surface area contributed by atoms with Gasteiger partial charge in [-0.15, -0.1) is 5.10 Å². The third-order valence-corrected chi connectivity index (χ3v) is 3.86. The highest BCUT2D eigenvalue weighted by Crippen LogP contribution is 2.28. The number of nitrogens with one attached hydrogen (secondary N) is 2. The van der Waals surface area contributed by atoms with E-state index in [1.807, 2.05) is 0 Å². The second-order valence-corrected chi connectivity index (χ2v) is 5.71. The lowest BCUT2D eigenvalue weighted by molar-refractivity contribution is 0.0602. The summed E-state index contributed by atoms with van der Waals surface area (Å²) in [6, 6.07) is 12.1. The van der Waals surface area contributed by atoms with Crippen LogP contribution >= 0.6 is 11.6 Å². The van der Waals surface area contributed by atoms with Crippen LogP contribution in [0.2, 0.25) is 5.02 Å². The van der Waals surface area contributed by atoms with E-state index in [0.717, 1.165) is 0 Å². The number of esters is 1. The Bertz CT molecular complexity index is 967. The molecular formula is C18H16ClN5O3. The topological polar surface area (TPSA) is 98.3 Å². The van der Waals surface area contributed by atoms with E-state index in [0.29, 0.717) is 33.5 Å². The Kier molecular flexibility index (Phi) is 5.68. The Hall–Kier alpha value is -3.39. The molecule has 2 aromatic carbocycles. The molecule has 0 bridgehead atoms. The molecule has 0 fully saturated rings. The van der Waals surface area contributed by atoms with Gasteiger partial charge < -0.3 is 20.1 Å². The molecule has 2 N–H and O–H groups in total. The minimum absolute atomic E-state index is 0.218. The minimum Gasteiger partial charge on any atom is -0.495 e. The Balaban J connectivity index is 1.81. The molecule has 1 aromatic heterocycles. The molecule has 0 aliphatic heterocycles. The first-order valence-corrected chi connectivity index (χ1v) is 8.23. The van der Waals surface area contributed by atoms with Gasteiger partial charge in [0, 0.05) is 5.69 Å². The van der Waals surface area contributed by atoms with Crippen molar-refractivity contribution in [2.24, 2.45) is 0 Å². The number of ether oxygens (including phenoxy) is 2. The molecule has 0 aliphatic carbocycles. The normalized spacial score (nSPS) is 10.2. The maximum Gasteiger partial charge on any atom is 0.339 e. The van der Waals surface area contributed by atoms with Crippen LogP contribution in [-0.2, 0) is 4.74 Å². The Morgan fingerprint density at radius 1 is 1.11 bits per heavy atom. The number of para-hydroxylation sites is 1. The number of carbonyl (C=O) groups is 1. The highest BCUT2D eigenvalue weighted by atomic mass is 35.5. The van der Waals surface area contributed by atoms with E-state index in [2.05, 4.69) is 25.8 Å². The van der Waals surface area contributed by atoms with Gasteiger partial charge in [-0.2, -0.15) is 10.1 Å². The third-order valence-electron chi connectivity index (χ3n) is 3.56. The summed E-state index contributed by atoms with van der Waals surface area (Å²) in [5.74, 6) is 0.776. The van der Waals surface area contributed by atoms with Crippen LogP contribution in [0.4, 0.5) is 23.1 Å². The minimum atomic E-state index is -0.465. The molecule has 0 saturated heterocycles. The van der Waals surface area contributed by atoms with Gasteiger partial charge in [0.1, 0.15) is 5.75 Å². The number of anilines is 4. The monoisotopic (exact) mass is 385 g/mol. The number of carbonyl (C=O) groups excluding carboxylic acids is 1. The predicted octanol–water partition coefficient (Wildman–Crippen LogP) is 3.81. The van der Waals surface area contributed by atoms with Crippen LogP contribution in [0.25, 0.3) is 0 Å². The number of rotatable bonds is 6. The maximum absolute atomic E-state index is 11.9. The molecule has 0 amide bonds. The van der Waals surface area contributed by atoms with Crippen LogP contribution in [0, 0.1) is 0 Å². The van der Waals surface area contributed by atoms with Gasteiger partial charge in [0.2, 0.25) is 5.95 Å². The summed E-state index contributed by atoms with van der Waals surface area (Å²) in [4.78, 5) is 16.2. The van der Waals surface area contributed by atoms with Crippen LogP contribution in [0.1, 0.15) is 10.4 Å². The van der Waals surface area contributed by atoms with E-state index in [9.17, 15) is 4.79 Å². The lowest BCUT2D eigenvalue weighted by atomic mass is 10.2. The second-order valence-electron chi connectivity index (χ2n) is 5.30. The third kappa shape index (κ3) is 4.42. The van der Waals surface area contributed by atoms with Crippen LogP contribution in [-0.4, -0.2) is 35.4 Å². The van der Waals surface area contributed by atoms with Gasteiger partial charge >= 0.3 is 5.97 Å². The van der Waals surface area contributed by atoms with E-state index in [4.69, 9.17) is 21.1 Å². The average molecular weight is 386 g/mol. The first-order chi connectivity index (χ1) is 13.1. The molecule has 1 heterocycles. The smallest absolute Gasteiger partial charge is 0.339 e. The fraction of sp³-hybridized carbons (Fsp3) is 0.111. The van der Waals surface area contributed by atoms with Crippen molar-refractivity contribution in [1.82, 2.24) is 15.2 Å². The zero-order valence-electron chi connectivity index (χ0n) is 14.6. The summed E-state index contributed by atoms with van der Waals surface area (Å²) < 4.78 is 9.91. The highest BCUT2D eigenvalue weighted by molar-refractivity contribution is 6.32. The van der Waals surface area contributed by atoms with Crippen LogP contribution < -0.4 is 15.4 Å². The fourth-order valence-corrected chi connectivity index (χ4v) is 2.57. The van der Waals surface area contributed by atoms with Crippen LogP contribution in [0.5, 0.6) is 5.75 Å². The molecule has 0 radical (unpaired) electrons. The molecular weight excluding hydrogens is 370 g/mol. The van der Waals surface area contributed by atoms with E-state index >= 15 is 0 Å². The largest absolute Gasteiger partial charge is 0.495 e. The Labute approximate surface area is 160 Å². The summed E-state index contributed by atoms with van der Waals surface area (Å²) in [6.45, 7) is 0. The quantitative estimate of drug-likeness (QED) is 0.618. The van der Waals surface area contributed by atoms with Crippen molar-refractivity contribution >= 4 is 40.7 Å². The molecule has 9 heteroatoms. The Morgan fingerprint density at radius 2 is 1.93 bits per heavy atom. The summed E-state index contributed by atoms with van der Waals surface area (Å²) in [5, 5.41) is 14.4. The molecule has 3 rings (SSSR count). The zero-order chi connectivity index (χ0) is 19.2. The number of aromatic nitrogens is 3. The Morgan fingerprint density at radius 3 is 2.67 bits per heavy atom. The molecule has 8 nitrogen and oxygen atoms in total. The van der Waals surface area contributed by atoms with Gasteiger partial charge in [-0.1, -0.05) is 23.7 Å². The lowest BCUT2D eigenvalue weighted by Crippen LogP contribution is -2.08. The van der Waals surface area contributed by atoms with Crippen molar-refractivity contribution in [3.8, 4) is 5.75 Å². The SMILES string of the molecule is COC(=O)c1ccccc1Nc1nncc(Nc2ccc(OC)c(Cl)c2)n1. The molecule has 138 valence electrons. The second kappa shape index (κ2) is 8.33. The molecule has 0 atom stereocenters. The first kappa shape index (κ1) is 18.4. The highest BCUT2D eigenvalue weighted by Gasteiger charge is 2.12. The van der Waals surface area contributed by atoms with Crippen molar-refractivity contribution < 1.29 is 14.3 Å². The summed E-state index contributed by atoms with van der Waals surface area (Å²) in [5.41, 5.74) is 1.59. The van der Waals surface area contributed by atoms with E-state index < -0.39 is 5.97 Å². The number of methoxy groups -OCH3 is 2. The van der Waals surface area contributed by atoms with Crippen molar-refractivity contribution in [3.05, 3.63) is 59.2 Å². The molecule has 0 unspecified atom stereocenters. The zero-order valence-corrected chi connectivity index (χ0v) is 15.3. The predicted molar refractivity (Wildman–Crippen MR) is 102 cm³/mol. The van der Waals surface area contributed by atoms with Crippen molar-refractivity contribution in [2.75, 3.05) is 24.9 Å². The molecule has 3 aromatic rings. The maximum atomic E-state index is 11.9. The number of halogens is 1. The van der Waals surface area contributed by atoms with Gasteiger partial charge in [0.15, 0.2) is 5.82 Å². The van der Waals surface area contributed by atoms with Crippen LogP contribution in [0.3, 0.4) is 0 Å². The molecule has 0 spiro atoms. The van der Waals surface area contributed by atoms with Gasteiger partial charge in [-0.25, -0.2) is 4.79 Å². The fourth-order valence-electron chi connectivity index (χ4n) is 2.31. The van der Waals surface area contributed by atoms with Crippen molar-refractivity contribution in [2.45, 2.75) is 0 Å². The number of nitrogens with zero attached hydrogens (tertiary/aromatic N) is 3. The van der Waals surface area contributed by atoms with Gasteiger partial charge in [-0.05, 0) is 30.3 Å². The molecule has 27 heavy (non-hydrogen) atoms. The van der Waals surface area contributed by atoms with E-state index in [1.54, 1.807) is 49.6 Å². The van der Waals surface area contributed by atoms with Gasteiger partial charge in [0.25, 0.3) is 0 Å². The molecule has 0 aliphatic rings. The van der Waals surface area contributed by atoms with Crippen molar-refractivity contribution in [3.63, 3.8) is 0 Å². The van der Waals surface area contributed by atoms with Crippen LogP contribution in [0.15, 0.2) is 48.7 Å².